The van der Waals surface area contributed by atoms with Crippen LogP contribution in [-0.2, 0) is 0 Å². The minimum atomic E-state index is 0.394. The van der Waals surface area contributed by atoms with Gasteiger partial charge in [-0.05, 0) is 52.0 Å². The molecule has 0 aliphatic rings. The van der Waals surface area contributed by atoms with Crippen molar-refractivity contribution in [2.75, 3.05) is 12.0 Å². The molecule has 0 saturated heterocycles. The molecule has 1 aromatic heterocycles. The van der Waals surface area contributed by atoms with Crippen molar-refractivity contribution in [1.82, 2.24) is 10.2 Å². The van der Waals surface area contributed by atoms with Crippen LogP contribution in [0.4, 0.5) is 5.13 Å². The molecular weight excluding hydrogens is 270 g/mol. The highest BCUT2D eigenvalue weighted by atomic mass is 32.1. The van der Waals surface area contributed by atoms with Crippen molar-refractivity contribution >= 4 is 16.5 Å². The summed E-state index contributed by atoms with van der Waals surface area (Å²) < 4.78 is 5.23. The molecule has 4 nitrogen and oxygen atoms in total. The molecule has 0 unspecified atom stereocenters. The molecule has 0 spiro atoms. The molecule has 0 aliphatic heterocycles. The first-order valence-electron chi connectivity index (χ1n) is 6.71. The summed E-state index contributed by atoms with van der Waals surface area (Å²) in [4.78, 5) is 2.27. The van der Waals surface area contributed by atoms with Gasteiger partial charge >= 0.3 is 0 Å². The first-order valence-corrected chi connectivity index (χ1v) is 7.52. The first kappa shape index (κ1) is 14.8. The summed E-state index contributed by atoms with van der Waals surface area (Å²) in [6.45, 7) is 8.66. The Morgan fingerprint density at radius 3 is 2.50 bits per heavy atom. The van der Waals surface area contributed by atoms with E-state index in [-0.39, 0.29) is 0 Å². The number of aromatic nitrogens is 2. The molecule has 0 bridgehead atoms. The summed E-state index contributed by atoms with van der Waals surface area (Å²) in [5.41, 5.74) is 0.917. The lowest BCUT2D eigenvalue weighted by Crippen LogP contribution is -2.36. The third-order valence-electron chi connectivity index (χ3n) is 2.99. The molecule has 0 aliphatic carbocycles. The monoisotopic (exact) mass is 290 g/mol. The smallest absolute Gasteiger partial charge is 0.209 e. The van der Waals surface area contributed by atoms with E-state index in [1.807, 2.05) is 18.2 Å². The maximum absolute atomic E-state index is 5.23. The summed E-state index contributed by atoms with van der Waals surface area (Å²) in [5.74, 6) is 0.806. The molecule has 2 rings (SSSR count). The molecule has 20 heavy (non-hydrogen) atoms. The van der Waals surface area contributed by atoms with Gasteiger partial charge in [-0.25, -0.2) is 0 Å². The average molecular weight is 290 g/mol. The van der Waals surface area contributed by atoms with E-state index in [1.165, 1.54) is 0 Å². The van der Waals surface area contributed by atoms with E-state index in [9.17, 15) is 0 Å². The standard InChI is InChI=1S/C15H20N3OS/c1-10(2)18(11(3)4)15-17-16-14(20-15)12-7-6-8-13(9-12)19-5/h6,8-11H,1-5H3. The molecule has 2 aromatic rings. The Hall–Kier alpha value is -1.62. The third-order valence-corrected chi connectivity index (χ3v) is 3.96. The Kier molecular flexibility index (Phi) is 4.60. The van der Waals surface area contributed by atoms with E-state index in [2.05, 4.69) is 48.9 Å². The lowest BCUT2D eigenvalue weighted by Gasteiger charge is -2.29. The zero-order valence-electron chi connectivity index (χ0n) is 12.5. The lowest BCUT2D eigenvalue weighted by molar-refractivity contribution is 0.415. The van der Waals surface area contributed by atoms with E-state index < -0.39 is 0 Å². The highest BCUT2D eigenvalue weighted by Gasteiger charge is 2.19. The SMILES string of the molecule is COc1cc[c]c(-c2nnc(N(C(C)C)C(C)C)s2)c1. The quantitative estimate of drug-likeness (QED) is 0.842. The van der Waals surface area contributed by atoms with Gasteiger partial charge < -0.3 is 9.64 Å². The molecule has 1 radical (unpaired) electrons. The molecule has 1 aromatic carbocycles. The predicted octanol–water partition coefficient (Wildman–Crippen LogP) is 3.64. The number of ether oxygens (including phenoxy) is 1. The third kappa shape index (κ3) is 3.10. The number of rotatable bonds is 5. The normalized spacial score (nSPS) is 11.2. The van der Waals surface area contributed by atoms with Crippen molar-refractivity contribution in [3.63, 3.8) is 0 Å². The van der Waals surface area contributed by atoms with E-state index in [0.29, 0.717) is 12.1 Å². The zero-order chi connectivity index (χ0) is 14.7. The van der Waals surface area contributed by atoms with Crippen molar-refractivity contribution < 1.29 is 4.74 Å². The second-order valence-electron chi connectivity index (χ2n) is 5.13. The number of hydrogen-bond acceptors (Lipinski definition) is 5. The fourth-order valence-electron chi connectivity index (χ4n) is 2.16. The van der Waals surface area contributed by atoms with E-state index in [1.54, 1.807) is 18.4 Å². The number of methoxy groups -OCH3 is 1. The van der Waals surface area contributed by atoms with Crippen LogP contribution in [0.3, 0.4) is 0 Å². The van der Waals surface area contributed by atoms with Gasteiger partial charge in [0.15, 0.2) is 0 Å². The average Bonchev–Trinajstić information content (AvgIpc) is 2.87. The van der Waals surface area contributed by atoms with Gasteiger partial charge in [-0.3, -0.25) is 0 Å². The van der Waals surface area contributed by atoms with E-state index in [4.69, 9.17) is 4.74 Å². The van der Waals surface area contributed by atoms with Crippen molar-refractivity contribution in [3.8, 4) is 16.3 Å². The molecule has 0 saturated carbocycles. The maximum atomic E-state index is 5.23. The van der Waals surface area contributed by atoms with Crippen LogP contribution in [0.1, 0.15) is 27.7 Å². The topological polar surface area (TPSA) is 38.3 Å². The summed E-state index contributed by atoms with van der Waals surface area (Å²) in [6.07, 6.45) is 0. The highest BCUT2D eigenvalue weighted by molar-refractivity contribution is 7.18. The van der Waals surface area contributed by atoms with Crippen molar-refractivity contribution in [3.05, 3.63) is 24.3 Å². The van der Waals surface area contributed by atoms with Crippen LogP contribution < -0.4 is 9.64 Å². The van der Waals surface area contributed by atoms with Gasteiger partial charge in [-0.2, -0.15) is 0 Å². The van der Waals surface area contributed by atoms with E-state index in [0.717, 1.165) is 21.5 Å². The number of nitrogens with zero attached hydrogens (tertiary/aromatic N) is 3. The van der Waals surface area contributed by atoms with Crippen molar-refractivity contribution in [2.45, 2.75) is 39.8 Å². The Morgan fingerprint density at radius 2 is 1.90 bits per heavy atom. The van der Waals surface area contributed by atoms with E-state index >= 15 is 0 Å². The Bertz CT molecular complexity index is 558. The second-order valence-corrected chi connectivity index (χ2v) is 6.08. The zero-order valence-corrected chi connectivity index (χ0v) is 13.4. The molecule has 0 fully saturated rings. The van der Waals surface area contributed by atoms with Crippen LogP contribution in [0.25, 0.3) is 10.6 Å². The van der Waals surface area contributed by atoms with Crippen LogP contribution >= 0.6 is 11.3 Å². The number of hydrogen-bond donors (Lipinski definition) is 0. The lowest BCUT2D eigenvalue weighted by atomic mass is 10.2. The van der Waals surface area contributed by atoms with Gasteiger partial charge in [0.1, 0.15) is 10.8 Å². The Labute approximate surface area is 124 Å². The molecule has 0 N–H and O–H groups in total. The summed E-state index contributed by atoms with van der Waals surface area (Å²) in [7, 11) is 1.66. The van der Waals surface area contributed by atoms with Crippen molar-refractivity contribution in [1.29, 1.82) is 0 Å². The molecule has 5 heteroatoms. The Morgan fingerprint density at radius 1 is 1.20 bits per heavy atom. The molecule has 107 valence electrons. The van der Waals surface area contributed by atoms with Crippen LogP contribution in [-0.4, -0.2) is 29.4 Å². The summed E-state index contributed by atoms with van der Waals surface area (Å²) in [5, 5.41) is 10.4. The molecule has 1 heterocycles. The van der Waals surface area contributed by atoms with Gasteiger partial charge in [0.25, 0.3) is 0 Å². The molecule has 0 atom stereocenters. The fraction of sp³-hybridized carbons (Fsp3) is 0.467. The van der Waals surface area contributed by atoms with Gasteiger partial charge in [-0.1, -0.05) is 11.3 Å². The summed E-state index contributed by atoms with van der Waals surface area (Å²) >= 11 is 1.59. The van der Waals surface area contributed by atoms with Crippen LogP contribution in [0.15, 0.2) is 18.2 Å². The van der Waals surface area contributed by atoms with Gasteiger partial charge in [-0.15, -0.1) is 10.2 Å². The summed E-state index contributed by atoms with van der Waals surface area (Å²) in [6, 6.07) is 9.62. The second kappa shape index (κ2) is 6.22. The van der Waals surface area contributed by atoms with Gasteiger partial charge in [0, 0.05) is 17.6 Å². The van der Waals surface area contributed by atoms with Gasteiger partial charge in [0.2, 0.25) is 5.13 Å². The van der Waals surface area contributed by atoms with Crippen molar-refractivity contribution in [2.24, 2.45) is 0 Å². The minimum absolute atomic E-state index is 0.394. The largest absolute Gasteiger partial charge is 0.497 e. The predicted molar refractivity (Wildman–Crippen MR) is 83.5 cm³/mol. The molecular formula is C15H20N3OS. The highest BCUT2D eigenvalue weighted by Crippen LogP contribution is 2.31. The molecule has 0 amide bonds. The van der Waals surface area contributed by atoms with Gasteiger partial charge in [0.05, 0.1) is 7.11 Å². The number of benzene rings is 1. The Balaban J connectivity index is 2.32. The van der Waals surface area contributed by atoms with Crippen LogP contribution in [0.5, 0.6) is 5.75 Å². The van der Waals surface area contributed by atoms with Crippen LogP contribution in [0.2, 0.25) is 0 Å². The van der Waals surface area contributed by atoms with Crippen LogP contribution in [0, 0.1) is 6.07 Å². The number of anilines is 1. The maximum Gasteiger partial charge on any atom is 0.209 e. The minimum Gasteiger partial charge on any atom is -0.497 e. The first-order chi connectivity index (χ1) is 9.52. The fourth-order valence-corrected chi connectivity index (χ4v) is 3.25.